The van der Waals surface area contributed by atoms with E-state index in [1.807, 2.05) is 126 Å². The highest BCUT2D eigenvalue weighted by Crippen LogP contribution is 2.37. The summed E-state index contributed by atoms with van der Waals surface area (Å²) in [6, 6.07) is 26.0. The van der Waals surface area contributed by atoms with Gasteiger partial charge in [-0.25, -0.2) is 4.73 Å². The van der Waals surface area contributed by atoms with Crippen molar-refractivity contribution in [1.82, 2.24) is 34.1 Å². The number of aliphatic hydroxyl groups excluding tert-OH is 3. The van der Waals surface area contributed by atoms with Gasteiger partial charge in [0, 0.05) is 89.2 Å². The van der Waals surface area contributed by atoms with E-state index in [4.69, 9.17) is 25.4 Å². The molecular formula is C66H83N17O10. The van der Waals surface area contributed by atoms with E-state index >= 15 is 0 Å². The Kier molecular flexibility index (Phi) is 20.0. The molecule has 0 aliphatic heterocycles. The molecule has 27 heteroatoms. The molecule has 12 rings (SSSR count). The van der Waals surface area contributed by atoms with E-state index in [1.165, 1.54) is 37.4 Å². The van der Waals surface area contributed by atoms with Crippen LogP contribution in [0.2, 0.25) is 0 Å². The molecule has 3 aliphatic carbocycles. The minimum Gasteiger partial charge on any atom is -0.710 e. The Morgan fingerprint density at radius 2 is 0.860 bits per heavy atom. The van der Waals surface area contributed by atoms with Crippen LogP contribution in [0, 0.1) is 15.8 Å². The minimum absolute atomic E-state index is 0.0243. The summed E-state index contributed by atoms with van der Waals surface area (Å²) in [5.74, 6) is -1.07. The smallest absolute Gasteiger partial charge is 0.379 e. The predicted octanol–water partition coefficient (Wildman–Crippen LogP) is 7.35. The summed E-state index contributed by atoms with van der Waals surface area (Å²) in [5, 5.41) is 97.5. The van der Waals surface area contributed by atoms with Crippen molar-refractivity contribution < 1.29 is 49.1 Å². The van der Waals surface area contributed by atoms with Gasteiger partial charge in [-0.05, 0) is 144 Å². The number of benzene rings is 3. The fraction of sp³-hybridized carbons (Fsp3) is 0.409. The number of carbonyl (C=O) groups is 3. The molecule has 0 spiro atoms. The third-order valence-electron chi connectivity index (χ3n) is 17.4. The van der Waals surface area contributed by atoms with Crippen molar-refractivity contribution in [2.45, 2.75) is 113 Å². The van der Waals surface area contributed by atoms with Crippen LogP contribution in [0.5, 0.6) is 5.88 Å². The summed E-state index contributed by atoms with van der Waals surface area (Å²) in [4.78, 5) is 45.9. The maximum atomic E-state index is 13.0. The van der Waals surface area contributed by atoms with Crippen LogP contribution < -0.4 is 55.2 Å². The molecule has 0 bridgehead atoms. The number of fused-ring (bicyclic) bond motifs is 3. The number of aliphatic hydroxyl groups is 3. The van der Waals surface area contributed by atoms with Gasteiger partial charge in [-0.1, -0.05) is 6.07 Å². The number of nitrogens with one attached hydrogen (secondary N) is 4. The van der Waals surface area contributed by atoms with E-state index in [-0.39, 0.29) is 64.9 Å². The van der Waals surface area contributed by atoms with Crippen LogP contribution in [0.1, 0.15) is 127 Å². The molecule has 27 nitrogen and oxygen atoms in total. The van der Waals surface area contributed by atoms with E-state index in [0.717, 1.165) is 127 Å². The number of aromatic nitrogens is 9. The topological polar surface area (TPSA) is 327 Å². The lowest BCUT2D eigenvalue weighted by Crippen LogP contribution is -2.41. The highest BCUT2D eigenvalue weighted by molar-refractivity contribution is 6.08. The van der Waals surface area contributed by atoms with Gasteiger partial charge in [-0.2, -0.15) is 20.0 Å². The third-order valence-corrected chi connectivity index (χ3v) is 17.4. The highest BCUT2D eigenvalue weighted by Gasteiger charge is 2.28. The maximum Gasteiger partial charge on any atom is 0.379 e. The number of ether oxygens (including phenoxy) is 1. The van der Waals surface area contributed by atoms with Crippen molar-refractivity contribution in [3.63, 3.8) is 0 Å². The lowest BCUT2D eigenvalue weighted by molar-refractivity contribution is -0.614. The third kappa shape index (κ3) is 14.9. The molecule has 0 atom stereocenters. The van der Waals surface area contributed by atoms with Gasteiger partial charge < -0.3 is 66.3 Å². The number of hydrogen-bond donors (Lipinski definition) is 8. The van der Waals surface area contributed by atoms with Gasteiger partial charge >= 0.3 is 11.8 Å². The van der Waals surface area contributed by atoms with Gasteiger partial charge in [0.25, 0.3) is 23.3 Å². The summed E-state index contributed by atoms with van der Waals surface area (Å²) in [5.41, 5.74) is 6.42. The standard InChI is InChI=1S/C23H30N6O3.C22H27N5O4.C21H26N6O3/c1-26(2)21-13-18-15(14-28(25-18)16-8-10-17(30)11-9-16)12-19(21)24-23(31)20-6-5-7-22(27(3)4)29(20)32;1-25(2)20-12-17-14(13-26(24-17)15-7-9-16(28)10-8-15)11-18(20)23-22(29)19-5-4-6-21(31-3)27(19)30;1-25(2)19-11-16-13(12-26(24-16)14-6-8-15(28)9-7-14)10-17(19)23-21(29)18-4-3-5-20(22)27(18)30/h5-7,12-14,16-17,30H,8-11H2,1-4H3,(H,24,31);4-6,11-13,15-16,28H,7-10H2,1-3H3,(H,23,29);3-5,10-12,14-15,22,28,30H,6-9H2,1-2H3,(H,23,29). The zero-order valence-corrected chi connectivity index (χ0v) is 53.9. The fourth-order valence-corrected chi connectivity index (χ4v) is 12.2. The first-order valence-corrected chi connectivity index (χ1v) is 31.2. The lowest BCUT2D eigenvalue weighted by atomic mass is 9.93. The minimum atomic E-state index is -0.523. The quantitative estimate of drug-likeness (QED) is 0.0300. The monoisotopic (exact) mass is 1270 g/mol. The van der Waals surface area contributed by atoms with E-state index < -0.39 is 17.7 Å². The first kappa shape index (κ1) is 65.9. The summed E-state index contributed by atoms with van der Waals surface area (Å²) < 4.78 is 12.6. The fourth-order valence-electron chi connectivity index (χ4n) is 12.2. The van der Waals surface area contributed by atoms with E-state index in [9.17, 15) is 45.3 Å². The number of rotatable bonds is 14. The molecule has 3 aromatic carbocycles. The average molecular weight is 1270 g/mol. The molecule has 3 amide bonds. The lowest BCUT2D eigenvalue weighted by Gasteiger charge is -2.25. The van der Waals surface area contributed by atoms with Crippen LogP contribution >= 0.6 is 0 Å². The predicted molar refractivity (Wildman–Crippen MR) is 356 cm³/mol. The Hall–Kier alpha value is -9.99. The largest absolute Gasteiger partial charge is 0.710 e. The van der Waals surface area contributed by atoms with Crippen molar-refractivity contribution in [2.24, 2.45) is 0 Å². The Balaban J connectivity index is 0.000000153. The number of amides is 3. The Morgan fingerprint density at radius 1 is 0.505 bits per heavy atom. The molecule has 3 aliphatic rings. The number of hydrogen-bond acceptors (Lipinski definition) is 18. The van der Waals surface area contributed by atoms with Gasteiger partial charge in [0.15, 0.2) is 11.2 Å². The summed E-state index contributed by atoms with van der Waals surface area (Å²) in [6.07, 6.45) is 15.3. The molecule has 93 heavy (non-hydrogen) atoms. The maximum absolute atomic E-state index is 13.0. The molecule has 0 unspecified atom stereocenters. The SMILES string of the molecule is CN(C)c1cc2nn(C3CCC(O)CC3)cc2cc1NC(=O)c1cccc(=N)n1O.CN(C)c1cc2nn(C3CCC(O)CC3)cc2cc1NC(=O)c1cccc(N(C)C)[n+]1[O-].COc1cccc(C(=O)Nc2cc3cn(C4CCC(O)CC4)nc3cc2N(C)C)[n+]1[O-]. The molecule has 6 heterocycles. The summed E-state index contributed by atoms with van der Waals surface area (Å²) in [6.45, 7) is 0. The molecule has 9 aromatic rings. The molecular weight excluding hydrogens is 1190 g/mol. The van der Waals surface area contributed by atoms with Crippen molar-refractivity contribution in [2.75, 3.05) is 99.0 Å². The number of methoxy groups -OCH3 is 1. The zero-order chi connectivity index (χ0) is 66.5. The van der Waals surface area contributed by atoms with Crippen molar-refractivity contribution in [3.05, 3.63) is 143 Å². The normalized spacial score (nSPS) is 18.8. The van der Waals surface area contributed by atoms with Crippen LogP contribution in [0.15, 0.2) is 110 Å². The molecule has 492 valence electrons. The first-order chi connectivity index (χ1) is 44.4. The zero-order valence-electron chi connectivity index (χ0n) is 53.9. The number of pyridine rings is 3. The van der Waals surface area contributed by atoms with Crippen LogP contribution in [0.4, 0.5) is 39.9 Å². The van der Waals surface area contributed by atoms with Crippen molar-refractivity contribution >= 4 is 90.4 Å². The Bertz CT molecular complexity index is 4230. The summed E-state index contributed by atoms with van der Waals surface area (Å²) >= 11 is 0. The van der Waals surface area contributed by atoms with Crippen molar-refractivity contribution in [1.29, 1.82) is 5.41 Å². The van der Waals surface area contributed by atoms with Crippen LogP contribution in [-0.2, 0) is 0 Å². The second-order valence-electron chi connectivity index (χ2n) is 24.9. The first-order valence-electron chi connectivity index (χ1n) is 31.2. The second kappa shape index (κ2) is 28.3. The van der Waals surface area contributed by atoms with E-state index in [2.05, 4.69) is 16.0 Å². The van der Waals surface area contributed by atoms with Gasteiger partial charge in [0.05, 0.1) is 114 Å². The molecule has 8 N–H and O–H groups in total. The molecule has 3 fully saturated rings. The van der Waals surface area contributed by atoms with Crippen LogP contribution in [-0.4, -0.2) is 154 Å². The van der Waals surface area contributed by atoms with Crippen LogP contribution in [0.3, 0.4) is 0 Å². The molecule has 0 radical (unpaired) electrons. The highest BCUT2D eigenvalue weighted by atomic mass is 16.5. The Labute approximate surface area is 537 Å². The van der Waals surface area contributed by atoms with Gasteiger partial charge in [-0.3, -0.25) is 38.7 Å². The molecule has 3 saturated carbocycles. The molecule has 6 aromatic heterocycles. The number of nitrogens with zero attached hydrogens (tertiary/aromatic N) is 13. The van der Waals surface area contributed by atoms with Crippen molar-refractivity contribution in [3.8, 4) is 5.88 Å². The Morgan fingerprint density at radius 3 is 1.23 bits per heavy atom. The summed E-state index contributed by atoms with van der Waals surface area (Å²) in [7, 11) is 16.2. The van der Waals surface area contributed by atoms with Gasteiger partial charge in [-0.15, -0.1) is 4.73 Å². The van der Waals surface area contributed by atoms with E-state index in [0.29, 0.717) is 37.1 Å². The van der Waals surface area contributed by atoms with E-state index in [1.54, 1.807) is 43.3 Å². The number of anilines is 7. The van der Waals surface area contributed by atoms with Gasteiger partial charge in [0.1, 0.15) is 5.69 Å². The van der Waals surface area contributed by atoms with Gasteiger partial charge in [0.2, 0.25) is 0 Å². The second-order valence-corrected chi connectivity index (χ2v) is 24.9. The average Bonchev–Trinajstić information content (AvgIpc) is 1.71. The number of carbonyl (C=O) groups excluding carboxylic acids is 3. The van der Waals surface area contributed by atoms with Crippen LogP contribution in [0.25, 0.3) is 32.7 Å². The molecule has 0 saturated heterocycles.